The van der Waals surface area contributed by atoms with Crippen LogP contribution in [0.15, 0.2) is 21.1 Å². The molecule has 1 aliphatic rings. The summed E-state index contributed by atoms with van der Waals surface area (Å²) >= 11 is 6.75. The first-order valence-corrected chi connectivity index (χ1v) is 7.81. The molecular formula is C13H16Br2N2O2. The summed E-state index contributed by atoms with van der Waals surface area (Å²) in [5.41, 5.74) is 7.04. The fraction of sp³-hybridized carbons (Fsp3) is 0.462. The molecular weight excluding hydrogens is 376 g/mol. The van der Waals surface area contributed by atoms with E-state index in [9.17, 15) is 4.79 Å². The number of anilines is 2. The van der Waals surface area contributed by atoms with Crippen molar-refractivity contribution in [3.8, 4) is 0 Å². The third-order valence-corrected chi connectivity index (χ3v) is 4.12. The molecule has 1 aromatic carbocycles. The van der Waals surface area contributed by atoms with E-state index >= 15 is 0 Å². The number of nitrogens with two attached hydrogens (primary N) is 1. The average Bonchev–Trinajstić information content (AvgIpc) is 2.35. The number of hydrogen-bond acceptors (Lipinski definition) is 3. The predicted octanol–water partition coefficient (Wildman–Crippen LogP) is 3.69. The number of hydrogen-bond donors (Lipinski definition) is 2. The second-order valence-corrected chi connectivity index (χ2v) is 6.36. The summed E-state index contributed by atoms with van der Waals surface area (Å²) in [6.45, 7) is 0.752. The van der Waals surface area contributed by atoms with Gasteiger partial charge >= 0.3 is 0 Å². The third-order valence-electron chi connectivity index (χ3n) is 3.04. The summed E-state index contributed by atoms with van der Waals surface area (Å²) in [6.07, 6.45) is 3.57. The highest BCUT2D eigenvalue weighted by atomic mass is 79.9. The second kappa shape index (κ2) is 6.72. The Morgan fingerprint density at radius 2 is 2.21 bits per heavy atom. The van der Waals surface area contributed by atoms with Gasteiger partial charge in [-0.3, -0.25) is 4.79 Å². The summed E-state index contributed by atoms with van der Waals surface area (Å²) < 4.78 is 7.18. The van der Waals surface area contributed by atoms with Gasteiger partial charge in [0.1, 0.15) is 0 Å². The number of amides is 1. The number of carbonyl (C=O) groups excluding carboxylic acids is 1. The summed E-state index contributed by atoms with van der Waals surface area (Å²) in [4.78, 5) is 12.0. The molecule has 1 aromatic rings. The molecule has 0 bridgehead atoms. The lowest BCUT2D eigenvalue weighted by Crippen LogP contribution is -2.25. The highest BCUT2D eigenvalue weighted by molar-refractivity contribution is 9.11. The Labute approximate surface area is 129 Å². The van der Waals surface area contributed by atoms with Crippen LogP contribution < -0.4 is 11.1 Å². The van der Waals surface area contributed by atoms with Gasteiger partial charge in [0.15, 0.2) is 0 Å². The van der Waals surface area contributed by atoms with Crippen LogP contribution in [0, 0.1) is 0 Å². The number of ether oxygens (including phenoxy) is 1. The minimum absolute atomic E-state index is 0.0317. The standard InChI is InChI=1S/C13H16Br2N2O2/c14-8-5-10(15)13(11(16)6-8)17-12(18)7-9-3-1-2-4-19-9/h5-6,9H,1-4,7,16H2,(H,17,18). The Morgan fingerprint density at radius 3 is 2.84 bits per heavy atom. The molecule has 2 rings (SSSR count). The second-order valence-electron chi connectivity index (χ2n) is 4.59. The highest BCUT2D eigenvalue weighted by Crippen LogP contribution is 2.32. The quantitative estimate of drug-likeness (QED) is 0.772. The van der Waals surface area contributed by atoms with Crippen molar-refractivity contribution in [3.05, 3.63) is 21.1 Å². The van der Waals surface area contributed by atoms with E-state index in [-0.39, 0.29) is 12.0 Å². The van der Waals surface area contributed by atoms with Crippen LogP contribution in [0.4, 0.5) is 11.4 Å². The van der Waals surface area contributed by atoms with Gasteiger partial charge in [-0.15, -0.1) is 0 Å². The molecule has 1 saturated heterocycles. The Morgan fingerprint density at radius 1 is 1.42 bits per heavy atom. The molecule has 6 heteroatoms. The fourth-order valence-electron chi connectivity index (χ4n) is 2.09. The molecule has 0 saturated carbocycles. The van der Waals surface area contributed by atoms with Gasteiger partial charge < -0.3 is 15.8 Å². The van der Waals surface area contributed by atoms with Crippen molar-refractivity contribution in [2.45, 2.75) is 31.8 Å². The van der Waals surface area contributed by atoms with E-state index in [0.29, 0.717) is 17.8 Å². The largest absolute Gasteiger partial charge is 0.397 e. The Bertz CT molecular complexity index is 451. The molecule has 1 heterocycles. The number of halogens is 2. The third kappa shape index (κ3) is 4.19. The van der Waals surface area contributed by atoms with Gasteiger partial charge in [0.25, 0.3) is 0 Å². The molecule has 1 amide bonds. The van der Waals surface area contributed by atoms with Crippen molar-refractivity contribution in [1.82, 2.24) is 0 Å². The van der Waals surface area contributed by atoms with Crippen LogP contribution >= 0.6 is 31.9 Å². The van der Waals surface area contributed by atoms with Crippen LogP contribution in [0.1, 0.15) is 25.7 Å². The molecule has 19 heavy (non-hydrogen) atoms. The Balaban J connectivity index is 1.98. The first-order valence-electron chi connectivity index (χ1n) is 6.22. The highest BCUT2D eigenvalue weighted by Gasteiger charge is 2.18. The van der Waals surface area contributed by atoms with Crippen LogP contribution in [-0.4, -0.2) is 18.6 Å². The van der Waals surface area contributed by atoms with Gasteiger partial charge in [0.05, 0.1) is 23.9 Å². The maximum Gasteiger partial charge on any atom is 0.227 e. The van der Waals surface area contributed by atoms with Crippen molar-refractivity contribution in [2.24, 2.45) is 0 Å². The molecule has 1 aliphatic heterocycles. The monoisotopic (exact) mass is 390 g/mol. The van der Waals surface area contributed by atoms with Crippen LogP contribution in [0.25, 0.3) is 0 Å². The van der Waals surface area contributed by atoms with Crippen LogP contribution in [0.5, 0.6) is 0 Å². The summed E-state index contributed by atoms with van der Waals surface area (Å²) in [6, 6.07) is 3.61. The Hall–Kier alpha value is -0.590. The van der Waals surface area contributed by atoms with E-state index in [1.807, 2.05) is 6.07 Å². The summed E-state index contributed by atoms with van der Waals surface area (Å²) in [5, 5.41) is 2.84. The molecule has 1 fully saturated rings. The van der Waals surface area contributed by atoms with E-state index in [1.54, 1.807) is 6.07 Å². The SMILES string of the molecule is Nc1cc(Br)cc(Br)c1NC(=O)CC1CCCCO1. The molecule has 104 valence electrons. The number of rotatable bonds is 3. The molecule has 1 unspecified atom stereocenters. The lowest BCUT2D eigenvalue weighted by atomic mass is 10.1. The summed E-state index contributed by atoms with van der Waals surface area (Å²) in [5.74, 6) is -0.0679. The molecule has 0 spiro atoms. The predicted molar refractivity (Wildman–Crippen MR) is 83.1 cm³/mol. The molecule has 0 aromatic heterocycles. The molecule has 1 atom stereocenters. The zero-order chi connectivity index (χ0) is 13.8. The van der Waals surface area contributed by atoms with E-state index < -0.39 is 0 Å². The first kappa shape index (κ1) is 14.8. The molecule has 0 radical (unpaired) electrons. The number of carbonyl (C=O) groups is 1. The van der Waals surface area contributed by atoms with Gasteiger partial charge in [-0.1, -0.05) is 15.9 Å². The normalized spacial score (nSPS) is 19.2. The zero-order valence-electron chi connectivity index (χ0n) is 10.4. The van der Waals surface area contributed by atoms with Crippen LogP contribution in [0.3, 0.4) is 0 Å². The van der Waals surface area contributed by atoms with Gasteiger partial charge in [-0.2, -0.15) is 0 Å². The van der Waals surface area contributed by atoms with Crippen molar-refractivity contribution in [2.75, 3.05) is 17.7 Å². The maximum atomic E-state index is 12.0. The van der Waals surface area contributed by atoms with Crippen molar-refractivity contribution >= 4 is 49.1 Å². The van der Waals surface area contributed by atoms with Gasteiger partial charge in [-0.25, -0.2) is 0 Å². The molecule has 0 aliphatic carbocycles. The average molecular weight is 392 g/mol. The topological polar surface area (TPSA) is 64.3 Å². The van der Waals surface area contributed by atoms with E-state index in [2.05, 4.69) is 37.2 Å². The zero-order valence-corrected chi connectivity index (χ0v) is 13.6. The van der Waals surface area contributed by atoms with E-state index in [0.717, 1.165) is 34.8 Å². The lowest BCUT2D eigenvalue weighted by Gasteiger charge is -2.22. The fourth-order valence-corrected chi connectivity index (χ4v) is 3.45. The van der Waals surface area contributed by atoms with Crippen LogP contribution in [-0.2, 0) is 9.53 Å². The molecule has 4 nitrogen and oxygen atoms in total. The first-order chi connectivity index (χ1) is 9.06. The smallest absolute Gasteiger partial charge is 0.227 e. The number of nitrogens with one attached hydrogen (secondary N) is 1. The minimum atomic E-state index is -0.0679. The van der Waals surface area contributed by atoms with Gasteiger partial charge in [0.2, 0.25) is 5.91 Å². The number of benzene rings is 1. The van der Waals surface area contributed by atoms with Crippen molar-refractivity contribution in [3.63, 3.8) is 0 Å². The minimum Gasteiger partial charge on any atom is -0.397 e. The number of nitrogen functional groups attached to an aromatic ring is 1. The van der Waals surface area contributed by atoms with E-state index in [1.165, 1.54) is 0 Å². The maximum absolute atomic E-state index is 12.0. The van der Waals surface area contributed by atoms with Crippen molar-refractivity contribution in [1.29, 1.82) is 0 Å². The van der Waals surface area contributed by atoms with Crippen molar-refractivity contribution < 1.29 is 9.53 Å². The molecule has 3 N–H and O–H groups in total. The van der Waals surface area contributed by atoms with Crippen LogP contribution in [0.2, 0.25) is 0 Å². The van der Waals surface area contributed by atoms with Gasteiger partial charge in [0, 0.05) is 15.6 Å². The van der Waals surface area contributed by atoms with Gasteiger partial charge in [-0.05, 0) is 47.3 Å². The lowest BCUT2D eigenvalue weighted by molar-refractivity contribution is -0.119. The summed E-state index contributed by atoms with van der Waals surface area (Å²) in [7, 11) is 0. The van der Waals surface area contributed by atoms with E-state index in [4.69, 9.17) is 10.5 Å². The Kier molecular flexibility index (Phi) is 5.24.